The normalized spacial score (nSPS) is 10.6. The number of methoxy groups -OCH3 is 3. The van der Waals surface area contributed by atoms with Crippen molar-refractivity contribution in [2.75, 3.05) is 32.4 Å². The third-order valence-corrected chi connectivity index (χ3v) is 6.23. The number of amides is 1. The van der Waals surface area contributed by atoms with Gasteiger partial charge in [-0.05, 0) is 42.5 Å². The van der Waals surface area contributed by atoms with Gasteiger partial charge < -0.3 is 19.5 Å². The van der Waals surface area contributed by atoms with Crippen LogP contribution in [0.25, 0.3) is 17.1 Å². The summed E-state index contributed by atoms with van der Waals surface area (Å²) < 4.78 is 17.6. The molecule has 0 unspecified atom stereocenters. The maximum Gasteiger partial charge on any atom is 0.296 e. The second kappa shape index (κ2) is 11.4. The van der Waals surface area contributed by atoms with Gasteiger partial charge >= 0.3 is 0 Å². The van der Waals surface area contributed by atoms with Gasteiger partial charge in [0.25, 0.3) is 5.69 Å². The van der Waals surface area contributed by atoms with E-state index in [-0.39, 0.29) is 17.1 Å². The highest BCUT2D eigenvalue weighted by molar-refractivity contribution is 7.99. The molecule has 11 nitrogen and oxygen atoms in total. The lowest BCUT2D eigenvalue weighted by atomic mass is 10.2. The predicted octanol–water partition coefficient (Wildman–Crippen LogP) is 4.60. The van der Waals surface area contributed by atoms with Crippen molar-refractivity contribution >= 4 is 29.0 Å². The van der Waals surface area contributed by atoms with E-state index in [0.717, 1.165) is 23.0 Å². The third kappa shape index (κ3) is 5.64. The summed E-state index contributed by atoms with van der Waals surface area (Å²) in [6, 6.07) is 19.1. The summed E-state index contributed by atoms with van der Waals surface area (Å²) in [6.45, 7) is 0. The molecule has 190 valence electrons. The molecule has 0 atom stereocenters. The number of thioether (sulfide) groups is 1. The van der Waals surface area contributed by atoms with Crippen molar-refractivity contribution in [2.45, 2.75) is 5.16 Å². The van der Waals surface area contributed by atoms with Crippen molar-refractivity contribution in [2.24, 2.45) is 0 Å². The molecule has 4 rings (SSSR count). The van der Waals surface area contributed by atoms with Crippen LogP contribution in [0.4, 0.5) is 11.4 Å². The Kier molecular flexibility index (Phi) is 7.89. The lowest BCUT2D eigenvalue weighted by Crippen LogP contribution is -2.15. The summed E-state index contributed by atoms with van der Waals surface area (Å²) in [6.07, 6.45) is 0. The maximum absolute atomic E-state index is 12.7. The van der Waals surface area contributed by atoms with E-state index in [9.17, 15) is 14.9 Å². The molecule has 1 N–H and O–H groups in total. The van der Waals surface area contributed by atoms with Crippen molar-refractivity contribution in [3.05, 3.63) is 76.8 Å². The van der Waals surface area contributed by atoms with Gasteiger partial charge in [-0.1, -0.05) is 30.0 Å². The summed E-state index contributed by atoms with van der Waals surface area (Å²) in [5.74, 6) is 1.49. The van der Waals surface area contributed by atoms with E-state index < -0.39 is 10.8 Å². The lowest BCUT2D eigenvalue weighted by molar-refractivity contribution is -0.384. The van der Waals surface area contributed by atoms with Gasteiger partial charge in [0.15, 0.2) is 22.5 Å². The molecular formula is C25H23N5O6S. The molecule has 12 heteroatoms. The van der Waals surface area contributed by atoms with Crippen LogP contribution in [-0.4, -0.2) is 52.7 Å². The first-order valence-electron chi connectivity index (χ1n) is 10.9. The molecule has 3 aromatic carbocycles. The largest absolute Gasteiger partial charge is 0.496 e. The number of nitrogens with one attached hydrogen (secondary N) is 1. The number of nitrogens with zero attached hydrogens (tertiary/aromatic N) is 4. The molecule has 1 aromatic heterocycles. The summed E-state index contributed by atoms with van der Waals surface area (Å²) in [7, 11) is 4.52. The van der Waals surface area contributed by atoms with Gasteiger partial charge in [0, 0.05) is 11.3 Å². The van der Waals surface area contributed by atoms with E-state index in [1.165, 1.54) is 25.3 Å². The average Bonchev–Trinajstić information content (AvgIpc) is 3.36. The van der Waals surface area contributed by atoms with Crippen molar-refractivity contribution < 1.29 is 23.9 Å². The highest BCUT2D eigenvalue weighted by Gasteiger charge is 2.21. The molecule has 0 saturated carbocycles. The van der Waals surface area contributed by atoms with Crippen LogP contribution in [0.5, 0.6) is 17.2 Å². The van der Waals surface area contributed by atoms with Crippen LogP contribution in [0.15, 0.2) is 71.9 Å². The Balaban J connectivity index is 1.61. The maximum atomic E-state index is 12.7. The number of aromatic nitrogens is 3. The Morgan fingerprint density at radius 3 is 2.41 bits per heavy atom. The second-order valence-electron chi connectivity index (χ2n) is 7.52. The highest BCUT2D eigenvalue weighted by Crippen LogP contribution is 2.34. The SMILES string of the molecule is COc1ccc(NC(=O)CSc2nnc(-c3ccc(OC)c(OC)c3)n2-c2ccccc2)c([N+](=O)[O-])c1. The number of nitro benzene ring substituents is 1. The summed E-state index contributed by atoms with van der Waals surface area (Å²) in [5.41, 5.74) is 1.35. The zero-order valence-electron chi connectivity index (χ0n) is 20.2. The van der Waals surface area contributed by atoms with Crippen LogP contribution in [0.3, 0.4) is 0 Å². The number of carbonyl (C=O) groups is 1. The van der Waals surface area contributed by atoms with Crippen molar-refractivity contribution in [1.29, 1.82) is 0 Å². The Morgan fingerprint density at radius 1 is 0.973 bits per heavy atom. The highest BCUT2D eigenvalue weighted by atomic mass is 32.2. The van der Waals surface area contributed by atoms with Gasteiger partial charge in [-0.3, -0.25) is 19.5 Å². The minimum Gasteiger partial charge on any atom is -0.496 e. The van der Waals surface area contributed by atoms with E-state index >= 15 is 0 Å². The molecule has 0 aliphatic heterocycles. The van der Waals surface area contributed by atoms with Crippen molar-refractivity contribution in [3.63, 3.8) is 0 Å². The van der Waals surface area contributed by atoms with Gasteiger partial charge in [0.2, 0.25) is 5.91 Å². The molecule has 0 aliphatic carbocycles. The summed E-state index contributed by atoms with van der Waals surface area (Å²) in [5, 5.41) is 23.2. The number of hydrogen-bond donors (Lipinski definition) is 1. The Bertz CT molecular complexity index is 1430. The molecule has 37 heavy (non-hydrogen) atoms. The number of ether oxygens (including phenoxy) is 3. The lowest BCUT2D eigenvalue weighted by Gasteiger charge is -2.12. The summed E-state index contributed by atoms with van der Waals surface area (Å²) >= 11 is 1.15. The number of carbonyl (C=O) groups excluding carboxylic acids is 1. The van der Waals surface area contributed by atoms with E-state index in [1.807, 2.05) is 41.0 Å². The zero-order chi connectivity index (χ0) is 26.4. The van der Waals surface area contributed by atoms with Crippen LogP contribution < -0.4 is 19.5 Å². The van der Waals surface area contributed by atoms with Crippen molar-refractivity contribution in [3.8, 4) is 34.3 Å². The standard InChI is InChI=1S/C25H23N5O6S/c1-34-18-10-11-19(20(14-18)30(32)33)26-23(31)15-37-25-28-27-24(29(25)17-7-5-4-6-8-17)16-9-12-21(35-2)22(13-16)36-3/h4-14H,15H2,1-3H3,(H,26,31). The number of rotatable bonds is 10. The molecule has 0 saturated heterocycles. The summed E-state index contributed by atoms with van der Waals surface area (Å²) in [4.78, 5) is 23.6. The van der Waals surface area contributed by atoms with Crippen LogP contribution in [0.2, 0.25) is 0 Å². The van der Waals surface area contributed by atoms with Crippen molar-refractivity contribution in [1.82, 2.24) is 14.8 Å². The number of benzene rings is 3. The second-order valence-corrected chi connectivity index (χ2v) is 8.47. The molecule has 1 heterocycles. The van der Waals surface area contributed by atoms with Gasteiger partial charge in [-0.2, -0.15) is 0 Å². The molecule has 0 bridgehead atoms. The zero-order valence-corrected chi connectivity index (χ0v) is 21.0. The molecular weight excluding hydrogens is 498 g/mol. The molecule has 0 radical (unpaired) electrons. The molecule has 0 aliphatic rings. The van der Waals surface area contributed by atoms with Crippen LogP contribution in [0.1, 0.15) is 0 Å². The van der Waals surface area contributed by atoms with Gasteiger partial charge in [0.05, 0.1) is 38.1 Å². The van der Waals surface area contributed by atoms with E-state index in [1.54, 1.807) is 26.4 Å². The molecule has 0 fully saturated rings. The van der Waals surface area contributed by atoms with Gasteiger partial charge in [0.1, 0.15) is 11.4 Å². The van der Waals surface area contributed by atoms with Crippen LogP contribution >= 0.6 is 11.8 Å². The third-order valence-electron chi connectivity index (χ3n) is 5.30. The smallest absolute Gasteiger partial charge is 0.296 e. The number of nitro groups is 1. The fourth-order valence-electron chi connectivity index (χ4n) is 3.55. The van der Waals surface area contributed by atoms with Crippen LogP contribution in [0, 0.1) is 10.1 Å². The molecule has 0 spiro atoms. The van der Waals surface area contributed by atoms with Gasteiger partial charge in [-0.15, -0.1) is 10.2 Å². The number of hydrogen-bond acceptors (Lipinski definition) is 9. The molecule has 4 aromatic rings. The quantitative estimate of drug-likeness (QED) is 0.181. The minimum absolute atomic E-state index is 0.0555. The number of para-hydroxylation sites is 1. The first-order chi connectivity index (χ1) is 17.9. The van der Waals surface area contributed by atoms with E-state index in [0.29, 0.717) is 28.2 Å². The first-order valence-corrected chi connectivity index (χ1v) is 11.9. The minimum atomic E-state index is -0.577. The Morgan fingerprint density at radius 2 is 1.73 bits per heavy atom. The number of anilines is 1. The fraction of sp³-hybridized carbons (Fsp3) is 0.160. The predicted molar refractivity (Wildman–Crippen MR) is 139 cm³/mol. The monoisotopic (exact) mass is 521 g/mol. The Hall–Kier alpha value is -4.58. The fourth-order valence-corrected chi connectivity index (χ4v) is 4.30. The van der Waals surface area contributed by atoms with Crippen LogP contribution in [-0.2, 0) is 4.79 Å². The first kappa shape index (κ1) is 25.5. The molecule has 1 amide bonds. The van der Waals surface area contributed by atoms with Gasteiger partial charge in [-0.25, -0.2) is 0 Å². The topological polar surface area (TPSA) is 131 Å². The van der Waals surface area contributed by atoms with E-state index in [2.05, 4.69) is 15.5 Å². The average molecular weight is 522 g/mol. The Labute approximate surface area is 216 Å². The van der Waals surface area contributed by atoms with E-state index in [4.69, 9.17) is 14.2 Å².